The van der Waals surface area contributed by atoms with Gasteiger partial charge in [0, 0.05) is 30.3 Å². The topological polar surface area (TPSA) is 117 Å². The van der Waals surface area contributed by atoms with Crippen LogP contribution < -0.4 is 5.32 Å². The Kier molecular flexibility index (Phi) is 21.3. The summed E-state index contributed by atoms with van der Waals surface area (Å²) in [7, 11) is 0. The summed E-state index contributed by atoms with van der Waals surface area (Å²) in [6.07, 6.45) is 14.5. The molecule has 0 unspecified atom stereocenters. The van der Waals surface area contributed by atoms with Crippen LogP contribution in [0.5, 0.6) is 0 Å². The SMILES string of the molecule is CCCCCCCCCC(=O)OC[C@H](CSC[C@H](NC(=O)OCC1c2ccccc2-c2ccccc21)C(=O)OC(C)(C)C)OC(=O)CCCCCCCCC. The fraction of sp³-hybridized carbons (Fsp3) is 0.644. The second-order valence-corrected chi connectivity index (χ2v) is 16.7. The zero-order valence-electron chi connectivity index (χ0n) is 34.2. The fourth-order valence-electron chi connectivity index (χ4n) is 6.71. The highest BCUT2D eigenvalue weighted by atomic mass is 32.2. The van der Waals surface area contributed by atoms with Crippen molar-refractivity contribution in [2.45, 2.75) is 161 Å². The van der Waals surface area contributed by atoms with Crippen LogP contribution in [0.4, 0.5) is 4.79 Å². The van der Waals surface area contributed by atoms with Crippen molar-refractivity contribution in [3.05, 3.63) is 59.7 Å². The molecule has 55 heavy (non-hydrogen) atoms. The minimum absolute atomic E-state index is 0.0675. The van der Waals surface area contributed by atoms with Crippen molar-refractivity contribution in [2.75, 3.05) is 24.7 Å². The highest BCUT2D eigenvalue weighted by Gasteiger charge is 2.31. The zero-order chi connectivity index (χ0) is 39.9. The molecule has 1 aliphatic rings. The molecule has 0 spiro atoms. The van der Waals surface area contributed by atoms with Crippen LogP contribution in [-0.4, -0.2) is 66.5 Å². The van der Waals surface area contributed by atoms with E-state index in [1.165, 1.54) is 63.1 Å². The maximum Gasteiger partial charge on any atom is 0.407 e. The molecule has 0 radical (unpaired) electrons. The Bertz CT molecular complexity index is 1410. The van der Waals surface area contributed by atoms with Gasteiger partial charge in [-0.05, 0) is 55.9 Å². The lowest BCUT2D eigenvalue weighted by Crippen LogP contribution is -2.46. The van der Waals surface area contributed by atoms with Crippen molar-refractivity contribution in [1.82, 2.24) is 5.32 Å². The lowest BCUT2D eigenvalue weighted by atomic mass is 9.98. The molecular weight excluding hydrogens is 715 g/mol. The summed E-state index contributed by atoms with van der Waals surface area (Å²) in [4.78, 5) is 52.0. The first-order valence-electron chi connectivity index (χ1n) is 20.8. The molecule has 2 aromatic rings. The molecule has 2 atom stereocenters. The Morgan fingerprint density at radius 1 is 0.673 bits per heavy atom. The summed E-state index contributed by atoms with van der Waals surface area (Å²) < 4.78 is 22.8. The molecule has 0 heterocycles. The van der Waals surface area contributed by atoms with Crippen LogP contribution in [0, 0.1) is 0 Å². The van der Waals surface area contributed by atoms with E-state index in [0.717, 1.165) is 60.8 Å². The molecule has 0 fully saturated rings. The molecule has 1 N–H and O–H groups in total. The molecular formula is C45H67NO8S. The second kappa shape index (κ2) is 25.6. The zero-order valence-corrected chi connectivity index (χ0v) is 35.0. The van der Waals surface area contributed by atoms with Crippen molar-refractivity contribution in [2.24, 2.45) is 0 Å². The lowest BCUT2D eigenvalue weighted by molar-refractivity contribution is -0.158. The number of fused-ring (bicyclic) bond motifs is 3. The van der Waals surface area contributed by atoms with E-state index < -0.39 is 29.8 Å². The molecule has 10 heteroatoms. The van der Waals surface area contributed by atoms with Gasteiger partial charge in [0.15, 0.2) is 0 Å². The van der Waals surface area contributed by atoms with Gasteiger partial charge in [0.05, 0.1) is 0 Å². The molecule has 2 aromatic carbocycles. The van der Waals surface area contributed by atoms with E-state index in [2.05, 4.69) is 31.3 Å². The predicted octanol–water partition coefficient (Wildman–Crippen LogP) is 10.7. The second-order valence-electron chi connectivity index (χ2n) is 15.6. The van der Waals surface area contributed by atoms with Crippen LogP contribution in [0.1, 0.15) is 154 Å². The number of unbranched alkanes of at least 4 members (excludes halogenated alkanes) is 12. The summed E-state index contributed by atoms with van der Waals surface area (Å²) in [5, 5.41) is 2.72. The number of hydrogen-bond donors (Lipinski definition) is 1. The van der Waals surface area contributed by atoms with Gasteiger partial charge in [0.25, 0.3) is 0 Å². The van der Waals surface area contributed by atoms with Crippen molar-refractivity contribution >= 4 is 35.8 Å². The van der Waals surface area contributed by atoms with Crippen LogP contribution in [0.3, 0.4) is 0 Å². The van der Waals surface area contributed by atoms with Crippen LogP contribution in [0.15, 0.2) is 48.5 Å². The molecule has 306 valence electrons. The number of hydrogen-bond acceptors (Lipinski definition) is 9. The quantitative estimate of drug-likeness (QED) is 0.0537. The third-order valence-electron chi connectivity index (χ3n) is 9.61. The maximum absolute atomic E-state index is 13.3. The van der Waals surface area contributed by atoms with Gasteiger partial charge in [-0.25, -0.2) is 9.59 Å². The smallest absolute Gasteiger partial charge is 0.407 e. The average molecular weight is 782 g/mol. The summed E-state index contributed by atoms with van der Waals surface area (Å²) in [5.74, 6) is -0.964. The number of amides is 1. The number of alkyl carbamates (subject to hydrolysis) is 1. The highest BCUT2D eigenvalue weighted by molar-refractivity contribution is 7.99. The van der Waals surface area contributed by atoms with Crippen molar-refractivity contribution in [3.63, 3.8) is 0 Å². The highest BCUT2D eigenvalue weighted by Crippen LogP contribution is 2.44. The molecule has 0 saturated heterocycles. The van der Waals surface area contributed by atoms with Crippen LogP contribution in [-0.2, 0) is 33.3 Å². The van der Waals surface area contributed by atoms with E-state index in [1.54, 1.807) is 20.8 Å². The third kappa shape index (κ3) is 17.9. The normalized spacial score (nSPS) is 13.3. The van der Waals surface area contributed by atoms with Gasteiger partial charge < -0.3 is 24.3 Å². The number of nitrogens with one attached hydrogen (secondary N) is 1. The average Bonchev–Trinajstić information content (AvgIpc) is 3.47. The molecule has 0 aromatic heterocycles. The van der Waals surface area contributed by atoms with Crippen LogP contribution in [0.2, 0.25) is 0 Å². The Hall–Kier alpha value is -3.53. The molecule has 0 bridgehead atoms. The van der Waals surface area contributed by atoms with E-state index in [1.807, 2.05) is 36.4 Å². The van der Waals surface area contributed by atoms with Gasteiger partial charge in [-0.3, -0.25) is 9.59 Å². The Morgan fingerprint density at radius 2 is 1.18 bits per heavy atom. The minimum atomic E-state index is -1.02. The summed E-state index contributed by atoms with van der Waals surface area (Å²) in [5.41, 5.74) is 3.64. The molecule has 1 amide bonds. The van der Waals surface area contributed by atoms with Crippen molar-refractivity contribution in [1.29, 1.82) is 0 Å². The standard InChI is InChI=1S/C45H67NO8S/c1-6-8-10-12-14-16-18-28-41(47)51-30-34(53-42(48)29-19-17-15-13-11-9-7-2)32-55-33-40(43(49)54-45(3,4)5)46-44(50)52-31-39-37-26-22-20-24-35(37)36-25-21-23-27-38(36)39/h20-27,34,39-40H,6-19,28-33H2,1-5H3,(H,46,50)/t34-,40+/m1/s1. The Morgan fingerprint density at radius 3 is 1.73 bits per heavy atom. The van der Waals surface area contributed by atoms with E-state index >= 15 is 0 Å². The lowest BCUT2D eigenvalue weighted by Gasteiger charge is -2.25. The first kappa shape index (κ1) is 45.9. The number of thioether (sulfide) groups is 1. The molecule has 1 aliphatic carbocycles. The van der Waals surface area contributed by atoms with E-state index in [-0.39, 0.29) is 42.6 Å². The summed E-state index contributed by atoms with van der Waals surface area (Å²) >= 11 is 1.31. The number of rotatable bonds is 27. The molecule has 0 saturated carbocycles. The minimum Gasteiger partial charge on any atom is -0.462 e. The van der Waals surface area contributed by atoms with Crippen molar-refractivity contribution in [3.8, 4) is 11.1 Å². The van der Waals surface area contributed by atoms with E-state index in [9.17, 15) is 19.2 Å². The fourth-order valence-corrected chi connectivity index (χ4v) is 7.73. The largest absolute Gasteiger partial charge is 0.462 e. The molecule has 3 rings (SSSR count). The number of esters is 3. The monoisotopic (exact) mass is 781 g/mol. The molecule has 9 nitrogen and oxygen atoms in total. The Balaban J connectivity index is 1.57. The Labute approximate surface area is 334 Å². The van der Waals surface area contributed by atoms with Crippen LogP contribution >= 0.6 is 11.8 Å². The van der Waals surface area contributed by atoms with Gasteiger partial charge >= 0.3 is 24.0 Å². The summed E-state index contributed by atoms with van der Waals surface area (Å²) in [6, 6.07) is 15.2. The summed E-state index contributed by atoms with van der Waals surface area (Å²) in [6.45, 7) is 9.73. The van der Waals surface area contributed by atoms with Crippen LogP contribution in [0.25, 0.3) is 11.1 Å². The number of benzene rings is 2. The van der Waals surface area contributed by atoms with Gasteiger partial charge in [-0.2, -0.15) is 11.8 Å². The van der Waals surface area contributed by atoms with E-state index in [0.29, 0.717) is 12.8 Å². The first-order chi connectivity index (χ1) is 26.5. The maximum atomic E-state index is 13.3. The third-order valence-corrected chi connectivity index (χ3v) is 10.8. The number of carbonyl (C=O) groups is 4. The van der Waals surface area contributed by atoms with Gasteiger partial charge in [0.1, 0.15) is 31.0 Å². The van der Waals surface area contributed by atoms with Gasteiger partial charge in [-0.15, -0.1) is 0 Å². The molecule has 0 aliphatic heterocycles. The van der Waals surface area contributed by atoms with E-state index in [4.69, 9.17) is 18.9 Å². The van der Waals surface area contributed by atoms with Crippen molar-refractivity contribution < 1.29 is 38.1 Å². The predicted molar refractivity (Wildman–Crippen MR) is 221 cm³/mol. The number of carbonyl (C=O) groups excluding carboxylic acids is 4. The van der Waals surface area contributed by atoms with Gasteiger partial charge in [0.2, 0.25) is 0 Å². The number of ether oxygens (including phenoxy) is 4. The van der Waals surface area contributed by atoms with Gasteiger partial charge in [-0.1, -0.05) is 139 Å². The first-order valence-corrected chi connectivity index (χ1v) is 21.9.